The fourth-order valence-electron chi connectivity index (χ4n) is 6.76. The Bertz CT molecular complexity index is 1160. The van der Waals surface area contributed by atoms with Crippen LogP contribution in [0.4, 0.5) is 10.2 Å². The lowest BCUT2D eigenvalue weighted by molar-refractivity contribution is -0.150. The number of carbonyl (C=O) groups is 1. The van der Waals surface area contributed by atoms with Gasteiger partial charge < -0.3 is 5.32 Å². The second kappa shape index (κ2) is 7.23. The molecule has 0 spiro atoms. The van der Waals surface area contributed by atoms with Gasteiger partial charge in [0, 0.05) is 12.3 Å². The molecule has 4 bridgehead atoms. The first-order valence-corrected chi connectivity index (χ1v) is 11.9. The minimum absolute atomic E-state index is 0.0715. The predicted molar refractivity (Wildman–Crippen MR) is 119 cm³/mol. The summed E-state index contributed by atoms with van der Waals surface area (Å²) in [6.07, 6.45) is 9.66. The molecule has 0 saturated heterocycles. The molecular formula is C23H24BrFN6O. The van der Waals surface area contributed by atoms with Gasteiger partial charge in [0.1, 0.15) is 12.1 Å². The Balaban J connectivity index is 1.21. The fourth-order valence-corrected chi connectivity index (χ4v) is 7.02. The number of aromatic nitrogens is 5. The van der Waals surface area contributed by atoms with Crippen molar-refractivity contribution in [2.75, 3.05) is 5.32 Å². The molecule has 7 nitrogen and oxygen atoms in total. The molecule has 2 atom stereocenters. The van der Waals surface area contributed by atoms with E-state index in [1.165, 1.54) is 18.6 Å². The van der Waals surface area contributed by atoms with Gasteiger partial charge in [-0.05, 0) is 84.0 Å². The number of hydrogen-bond acceptors (Lipinski definition) is 4. The highest BCUT2D eigenvalue weighted by atomic mass is 79.9. The molecule has 1 aromatic carbocycles. The van der Waals surface area contributed by atoms with Crippen molar-refractivity contribution in [3.05, 3.63) is 59.0 Å². The second-order valence-electron chi connectivity index (χ2n) is 9.90. The SMILES string of the molecule is O=C(Nc1ccn(Cc2ccc(F)cc2)n1)C12CC3CC(C1)CC(n1cnc(Br)n1)(C3)C2. The van der Waals surface area contributed by atoms with E-state index < -0.39 is 0 Å². The van der Waals surface area contributed by atoms with Gasteiger partial charge in [0.25, 0.3) is 0 Å². The molecule has 4 aliphatic rings. The average Bonchev–Trinajstić information content (AvgIpc) is 3.38. The number of benzene rings is 1. The summed E-state index contributed by atoms with van der Waals surface area (Å²) in [7, 11) is 0. The van der Waals surface area contributed by atoms with Gasteiger partial charge >= 0.3 is 0 Å². The highest BCUT2D eigenvalue weighted by Gasteiger charge is 2.61. The molecule has 166 valence electrons. The molecule has 4 aliphatic carbocycles. The van der Waals surface area contributed by atoms with E-state index in [0.29, 0.717) is 28.9 Å². The summed E-state index contributed by atoms with van der Waals surface area (Å²) >= 11 is 3.38. The van der Waals surface area contributed by atoms with E-state index in [0.717, 1.165) is 37.7 Å². The van der Waals surface area contributed by atoms with Crippen molar-refractivity contribution >= 4 is 27.7 Å². The van der Waals surface area contributed by atoms with E-state index in [-0.39, 0.29) is 22.7 Å². The van der Waals surface area contributed by atoms with E-state index in [1.807, 2.05) is 16.9 Å². The Labute approximate surface area is 193 Å². The molecule has 3 aromatic rings. The van der Waals surface area contributed by atoms with Gasteiger partial charge in [-0.25, -0.2) is 14.1 Å². The zero-order valence-corrected chi connectivity index (χ0v) is 19.1. The third kappa shape index (κ3) is 3.37. The predicted octanol–water partition coefficient (Wildman–Crippen LogP) is 4.36. The van der Waals surface area contributed by atoms with Crippen molar-refractivity contribution in [1.29, 1.82) is 0 Å². The van der Waals surface area contributed by atoms with Crippen molar-refractivity contribution in [3.8, 4) is 0 Å². The quantitative estimate of drug-likeness (QED) is 0.566. The molecular weight excluding hydrogens is 475 g/mol. The van der Waals surface area contributed by atoms with Crippen LogP contribution in [0.15, 0.2) is 47.6 Å². The second-order valence-corrected chi connectivity index (χ2v) is 10.6. The molecule has 1 amide bonds. The van der Waals surface area contributed by atoms with Gasteiger partial charge in [0.2, 0.25) is 10.6 Å². The molecule has 4 saturated carbocycles. The average molecular weight is 499 g/mol. The minimum atomic E-state index is -0.386. The van der Waals surface area contributed by atoms with Crippen LogP contribution in [0, 0.1) is 23.1 Å². The molecule has 2 unspecified atom stereocenters. The lowest BCUT2D eigenvalue weighted by atomic mass is 9.46. The van der Waals surface area contributed by atoms with Crippen molar-refractivity contribution < 1.29 is 9.18 Å². The monoisotopic (exact) mass is 498 g/mol. The first-order valence-electron chi connectivity index (χ1n) is 11.1. The zero-order valence-electron chi connectivity index (χ0n) is 17.5. The molecule has 2 heterocycles. The van der Waals surface area contributed by atoms with Crippen LogP contribution in [-0.2, 0) is 16.9 Å². The van der Waals surface area contributed by atoms with Crippen LogP contribution >= 0.6 is 15.9 Å². The Kier molecular flexibility index (Phi) is 4.54. The van der Waals surface area contributed by atoms with Crippen molar-refractivity contribution in [1.82, 2.24) is 24.5 Å². The smallest absolute Gasteiger partial charge is 0.231 e. The number of nitrogens with one attached hydrogen (secondary N) is 1. The number of hydrogen-bond donors (Lipinski definition) is 1. The number of nitrogens with zero attached hydrogens (tertiary/aromatic N) is 5. The first-order chi connectivity index (χ1) is 15.4. The van der Waals surface area contributed by atoms with Crippen LogP contribution in [0.1, 0.15) is 44.1 Å². The third-order valence-electron chi connectivity index (χ3n) is 7.60. The lowest BCUT2D eigenvalue weighted by Gasteiger charge is -2.60. The van der Waals surface area contributed by atoms with Gasteiger partial charge in [-0.1, -0.05) is 12.1 Å². The summed E-state index contributed by atoms with van der Waals surface area (Å²) in [6, 6.07) is 8.20. The topological polar surface area (TPSA) is 77.6 Å². The number of halogens is 2. The Hall–Kier alpha value is -2.55. The highest BCUT2D eigenvalue weighted by Crippen LogP contribution is 2.64. The van der Waals surface area contributed by atoms with Crippen molar-refractivity contribution in [2.45, 2.75) is 50.6 Å². The van der Waals surface area contributed by atoms with Gasteiger partial charge in [0.05, 0.1) is 17.5 Å². The Morgan fingerprint density at radius 2 is 1.88 bits per heavy atom. The maximum atomic E-state index is 13.6. The van der Waals surface area contributed by atoms with Gasteiger partial charge in [0.15, 0.2) is 5.82 Å². The molecule has 4 fully saturated rings. The molecule has 0 aliphatic heterocycles. The molecule has 2 aromatic heterocycles. The summed E-state index contributed by atoms with van der Waals surface area (Å²) in [5, 5.41) is 12.2. The molecule has 7 rings (SSSR count). The third-order valence-corrected chi connectivity index (χ3v) is 7.97. The Morgan fingerprint density at radius 1 is 1.12 bits per heavy atom. The fraction of sp³-hybridized carbons (Fsp3) is 0.478. The van der Waals surface area contributed by atoms with E-state index in [4.69, 9.17) is 0 Å². The summed E-state index contributed by atoms with van der Waals surface area (Å²) in [6.45, 7) is 0.524. The number of rotatable bonds is 5. The zero-order chi connectivity index (χ0) is 21.9. The van der Waals surface area contributed by atoms with Gasteiger partial charge in [-0.3, -0.25) is 9.48 Å². The summed E-state index contributed by atoms with van der Waals surface area (Å²) in [4.78, 5) is 17.9. The van der Waals surface area contributed by atoms with Crippen LogP contribution in [0.2, 0.25) is 0 Å². The maximum absolute atomic E-state index is 13.6. The van der Waals surface area contributed by atoms with E-state index in [9.17, 15) is 9.18 Å². The summed E-state index contributed by atoms with van der Waals surface area (Å²) < 4.78 is 17.5. The van der Waals surface area contributed by atoms with Crippen LogP contribution in [0.3, 0.4) is 0 Å². The normalized spacial score (nSPS) is 30.6. The summed E-state index contributed by atoms with van der Waals surface area (Å²) in [5.41, 5.74) is 0.445. The number of carbonyl (C=O) groups excluding carboxylic acids is 1. The van der Waals surface area contributed by atoms with Gasteiger partial charge in [-0.15, -0.1) is 5.10 Å². The highest BCUT2D eigenvalue weighted by molar-refractivity contribution is 9.10. The lowest BCUT2D eigenvalue weighted by Crippen LogP contribution is -2.60. The molecule has 9 heteroatoms. The Morgan fingerprint density at radius 3 is 2.56 bits per heavy atom. The number of amides is 1. The molecule has 0 radical (unpaired) electrons. The van der Waals surface area contributed by atoms with Crippen LogP contribution in [0.25, 0.3) is 0 Å². The summed E-state index contributed by atoms with van der Waals surface area (Å²) in [5.74, 6) is 1.46. The molecule has 1 N–H and O–H groups in total. The van der Waals surface area contributed by atoms with E-state index in [1.54, 1.807) is 23.1 Å². The first kappa shape index (κ1) is 20.1. The van der Waals surface area contributed by atoms with Gasteiger partial charge in [-0.2, -0.15) is 5.10 Å². The maximum Gasteiger partial charge on any atom is 0.231 e. The van der Waals surface area contributed by atoms with Crippen LogP contribution in [0.5, 0.6) is 0 Å². The molecule has 32 heavy (non-hydrogen) atoms. The van der Waals surface area contributed by atoms with Crippen molar-refractivity contribution in [3.63, 3.8) is 0 Å². The standard InChI is InChI=1S/C23H24BrFN6O/c24-21-26-14-31(29-21)23-10-16-7-17(11-23)9-22(8-16,13-23)20(32)27-19-5-6-30(28-19)12-15-1-3-18(25)4-2-15/h1-6,14,16-17H,7-13H2,(H,27,28,32). The van der Waals surface area contributed by atoms with Crippen LogP contribution in [-0.4, -0.2) is 30.5 Å². The minimum Gasteiger partial charge on any atom is -0.309 e. The van der Waals surface area contributed by atoms with Crippen LogP contribution < -0.4 is 5.32 Å². The number of anilines is 1. The largest absolute Gasteiger partial charge is 0.309 e. The van der Waals surface area contributed by atoms with Crippen molar-refractivity contribution in [2.24, 2.45) is 17.3 Å². The van der Waals surface area contributed by atoms with E-state index >= 15 is 0 Å². The van der Waals surface area contributed by atoms with E-state index in [2.05, 4.69) is 36.4 Å².